The zero-order valence-corrected chi connectivity index (χ0v) is 15.3. The van der Waals surface area contributed by atoms with Crippen LogP contribution in [0, 0.1) is 5.82 Å². The molecule has 2 aromatic carbocycles. The Hall–Kier alpha value is -2.64. The number of hydrogen-bond donors (Lipinski definition) is 2. The number of nitrogens with one attached hydrogen (secondary N) is 2. The lowest BCUT2D eigenvalue weighted by molar-refractivity contribution is -0.114. The van der Waals surface area contributed by atoms with E-state index in [4.69, 9.17) is 16.3 Å². The summed E-state index contributed by atoms with van der Waals surface area (Å²) >= 11 is 5.70. The van der Waals surface area contributed by atoms with Crippen molar-refractivity contribution in [2.75, 3.05) is 43.5 Å². The van der Waals surface area contributed by atoms with E-state index in [0.717, 1.165) is 0 Å². The van der Waals surface area contributed by atoms with Crippen LogP contribution in [0.1, 0.15) is 10.4 Å². The number of carbonyl (C=O) groups is 2. The van der Waals surface area contributed by atoms with E-state index in [2.05, 4.69) is 10.6 Å². The molecular weight excluding hydrogens is 373 g/mol. The molecular formula is C19H19ClFN3O3. The second-order valence-electron chi connectivity index (χ2n) is 6.02. The van der Waals surface area contributed by atoms with Crippen molar-refractivity contribution in [1.82, 2.24) is 4.90 Å². The molecule has 0 unspecified atom stereocenters. The molecule has 3 rings (SSSR count). The molecule has 0 aromatic heterocycles. The predicted molar refractivity (Wildman–Crippen MR) is 102 cm³/mol. The van der Waals surface area contributed by atoms with Gasteiger partial charge < -0.3 is 20.3 Å². The molecule has 1 saturated heterocycles. The van der Waals surface area contributed by atoms with Gasteiger partial charge in [-0.3, -0.25) is 9.59 Å². The number of halogens is 2. The van der Waals surface area contributed by atoms with E-state index in [1.54, 1.807) is 29.2 Å². The second-order valence-corrected chi connectivity index (χ2v) is 6.42. The zero-order valence-electron chi connectivity index (χ0n) is 14.5. The molecule has 2 N–H and O–H groups in total. The Kier molecular flexibility index (Phi) is 6.26. The lowest BCUT2D eigenvalue weighted by Gasteiger charge is -2.27. The Bertz CT molecular complexity index is 841. The van der Waals surface area contributed by atoms with Gasteiger partial charge >= 0.3 is 0 Å². The van der Waals surface area contributed by atoms with Crippen LogP contribution in [0.15, 0.2) is 42.5 Å². The van der Waals surface area contributed by atoms with Gasteiger partial charge in [-0.05, 0) is 36.4 Å². The van der Waals surface area contributed by atoms with Gasteiger partial charge in [-0.2, -0.15) is 0 Å². The quantitative estimate of drug-likeness (QED) is 0.822. The summed E-state index contributed by atoms with van der Waals surface area (Å²) in [5.41, 5.74) is 1.61. The highest BCUT2D eigenvalue weighted by atomic mass is 35.5. The van der Waals surface area contributed by atoms with Crippen molar-refractivity contribution >= 4 is 34.8 Å². The van der Waals surface area contributed by atoms with Gasteiger partial charge in [0.25, 0.3) is 5.91 Å². The second kappa shape index (κ2) is 8.83. The van der Waals surface area contributed by atoms with Crippen LogP contribution < -0.4 is 10.6 Å². The Morgan fingerprint density at radius 3 is 2.63 bits per heavy atom. The van der Waals surface area contributed by atoms with Gasteiger partial charge in [0, 0.05) is 30.0 Å². The number of benzene rings is 2. The Morgan fingerprint density at radius 1 is 1.11 bits per heavy atom. The molecule has 0 aliphatic carbocycles. The summed E-state index contributed by atoms with van der Waals surface area (Å²) in [5.74, 6) is -0.926. The number of anilines is 2. The highest BCUT2D eigenvalue weighted by Crippen LogP contribution is 2.19. The number of rotatable bonds is 5. The van der Waals surface area contributed by atoms with Crippen LogP contribution in [0.3, 0.4) is 0 Å². The van der Waals surface area contributed by atoms with Crippen LogP contribution in [-0.2, 0) is 9.53 Å². The van der Waals surface area contributed by atoms with E-state index >= 15 is 0 Å². The van der Waals surface area contributed by atoms with E-state index in [0.29, 0.717) is 43.2 Å². The third kappa shape index (κ3) is 5.18. The van der Waals surface area contributed by atoms with E-state index in [9.17, 15) is 14.0 Å². The molecule has 0 spiro atoms. The molecule has 1 aliphatic heterocycles. The molecule has 27 heavy (non-hydrogen) atoms. The maximum absolute atomic E-state index is 13.1. The molecule has 0 atom stereocenters. The van der Waals surface area contributed by atoms with Crippen LogP contribution in [0.5, 0.6) is 0 Å². The van der Waals surface area contributed by atoms with Gasteiger partial charge in [-0.25, -0.2) is 4.39 Å². The van der Waals surface area contributed by atoms with Crippen LogP contribution >= 0.6 is 11.6 Å². The maximum Gasteiger partial charge on any atom is 0.254 e. The van der Waals surface area contributed by atoms with Crippen LogP contribution in [0.2, 0.25) is 5.02 Å². The van der Waals surface area contributed by atoms with Crippen molar-refractivity contribution in [2.24, 2.45) is 0 Å². The minimum Gasteiger partial charge on any atom is -0.378 e. The Labute approximate surface area is 161 Å². The molecule has 142 valence electrons. The topological polar surface area (TPSA) is 70.7 Å². The number of nitrogens with zero attached hydrogens (tertiary/aromatic N) is 1. The Balaban J connectivity index is 1.56. The molecule has 1 heterocycles. The predicted octanol–water partition coefficient (Wildman–Crippen LogP) is 3.00. The van der Waals surface area contributed by atoms with Crippen molar-refractivity contribution in [3.63, 3.8) is 0 Å². The van der Waals surface area contributed by atoms with E-state index in [1.807, 2.05) is 0 Å². The van der Waals surface area contributed by atoms with Gasteiger partial charge in [0.2, 0.25) is 5.91 Å². The normalized spacial score (nSPS) is 13.9. The molecule has 1 fully saturated rings. The smallest absolute Gasteiger partial charge is 0.254 e. The van der Waals surface area contributed by atoms with Crippen molar-refractivity contribution in [3.8, 4) is 0 Å². The number of hydrogen-bond acceptors (Lipinski definition) is 4. The molecule has 8 heteroatoms. The van der Waals surface area contributed by atoms with Crippen LogP contribution in [0.25, 0.3) is 0 Å². The fourth-order valence-corrected chi connectivity index (χ4v) is 2.85. The van der Waals surface area contributed by atoms with Gasteiger partial charge in [0.1, 0.15) is 5.82 Å². The first kappa shape index (κ1) is 19.1. The SMILES string of the molecule is O=C(CNc1cccc(C(=O)N2CCOCC2)c1)Nc1ccc(F)c(Cl)c1. The summed E-state index contributed by atoms with van der Waals surface area (Å²) in [6.07, 6.45) is 0. The van der Waals surface area contributed by atoms with Crippen molar-refractivity contribution < 1.29 is 18.7 Å². The molecule has 1 aliphatic rings. The summed E-state index contributed by atoms with van der Waals surface area (Å²) < 4.78 is 18.4. The zero-order chi connectivity index (χ0) is 19.2. The van der Waals surface area contributed by atoms with E-state index in [1.165, 1.54) is 18.2 Å². The largest absolute Gasteiger partial charge is 0.378 e. The van der Waals surface area contributed by atoms with Gasteiger partial charge in [0.05, 0.1) is 24.8 Å². The first-order valence-corrected chi connectivity index (χ1v) is 8.86. The average molecular weight is 392 g/mol. The standard InChI is InChI=1S/C19H19ClFN3O3/c20-16-11-15(4-5-17(16)21)23-18(25)12-22-14-3-1-2-13(10-14)19(26)24-6-8-27-9-7-24/h1-5,10-11,22H,6-9,12H2,(H,23,25). The molecule has 2 amide bonds. The van der Waals surface area contributed by atoms with Crippen LogP contribution in [-0.4, -0.2) is 49.6 Å². The van der Waals surface area contributed by atoms with Crippen molar-refractivity contribution in [1.29, 1.82) is 0 Å². The van der Waals surface area contributed by atoms with Gasteiger partial charge in [-0.1, -0.05) is 17.7 Å². The molecule has 6 nitrogen and oxygen atoms in total. The van der Waals surface area contributed by atoms with E-state index in [-0.39, 0.29) is 23.4 Å². The first-order chi connectivity index (χ1) is 13.0. The summed E-state index contributed by atoms with van der Waals surface area (Å²) in [6.45, 7) is 2.21. The van der Waals surface area contributed by atoms with Gasteiger partial charge in [0.15, 0.2) is 0 Å². The maximum atomic E-state index is 13.1. The summed E-state index contributed by atoms with van der Waals surface area (Å²) in [6, 6.07) is 10.9. The summed E-state index contributed by atoms with van der Waals surface area (Å²) in [4.78, 5) is 26.3. The third-order valence-corrected chi connectivity index (χ3v) is 4.35. The minimum atomic E-state index is -0.547. The number of ether oxygens (including phenoxy) is 1. The Morgan fingerprint density at radius 2 is 1.89 bits per heavy atom. The van der Waals surface area contributed by atoms with Crippen LogP contribution in [0.4, 0.5) is 15.8 Å². The fourth-order valence-electron chi connectivity index (χ4n) is 2.67. The average Bonchev–Trinajstić information content (AvgIpc) is 2.69. The summed E-state index contributed by atoms with van der Waals surface area (Å²) in [5, 5.41) is 5.54. The number of carbonyl (C=O) groups excluding carboxylic acids is 2. The van der Waals surface area contributed by atoms with E-state index < -0.39 is 5.82 Å². The van der Waals surface area contributed by atoms with Gasteiger partial charge in [-0.15, -0.1) is 0 Å². The highest BCUT2D eigenvalue weighted by molar-refractivity contribution is 6.31. The molecule has 0 radical (unpaired) electrons. The van der Waals surface area contributed by atoms with Crippen molar-refractivity contribution in [3.05, 3.63) is 58.9 Å². The monoisotopic (exact) mass is 391 g/mol. The lowest BCUT2D eigenvalue weighted by atomic mass is 10.1. The minimum absolute atomic E-state index is 0.00973. The van der Waals surface area contributed by atoms with Crippen molar-refractivity contribution in [2.45, 2.75) is 0 Å². The lowest BCUT2D eigenvalue weighted by Crippen LogP contribution is -2.40. The number of morpholine rings is 1. The molecule has 2 aromatic rings. The summed E-state index contributed by atoms with van der Waals surface area (Å²) in [7, 11) is 0. The third-order valence-electron chi connectivity index (χ3n) is 4.06. The molecule has 0 bridgehead atoms. The molecule has 0 saturated carbocycles. The first-order valence-electron chi connectivity index (χ1n) is 8.49. The fraction of sp³-hybridized carbons (Fsp3) is 0.263. The highest BCUT2D eigenvalue weighted by Gasteiger charge is 2.18. The number of amides is 2.